The van der Waals surface area contributed by atoms with Gasteiger partial charge in [0.05, 0.1) is 13.2 Å². The molecule has 0 bridgehead atoms. The Balaban J connectivity index is 2.58. The highest BCUT2D eigenvalue weighted by Crippen LogP contribution is 2.09. The van der Waals surface area contributed by atoms with Crippen LogP contribution in [0.3, 0.4) is 0 Å². The summed E-state index contributed by atoms with van der Waals surface area (Å²) in [6.07, 6.45) is 0. The largest absolute Gasteiger partial charge is 0.383 e. The van der Waals surface area contributed by atoms with Gasteiger partial charge in [-0.05, 0) is 24.6 Å². The van der Waals surface area contributed by atoms with Gasteiger partial charge < -0.3 is 19.9 Å². The molecule has 23 heavy (non-hydrogen) atoms. The number of ether oxygens (including phenoxy) is 1. The van der Waals surface area contributed by atoms with E-state index in [1.807, 2.05) is 19.1 Å². The third kappa shape index (κ3) is 6.38. The van der Waals surface area contributed by atoms with Crippen LogP contribution in [-0.4, -0.2) is 69.1 Å². The predicted octanol–water partition coefficient (Wildman–Crippen LogP) is 0.973. The first kappa shape index (κ1) is 19.1. The quantitative estimate of drug-likeness (QED) is 0.689. The monoisotopic (exact) mass is 321 g/mol. The van der Waals surface area contributed by atoms with Gasteiger partial charge in [-0.15, -0.1) is 0 Å². The number of carbonyl (C=O) groups is 2. The summed E-state index contributed by atoms with van der Waals surface area (Å²) < 4.78 is 4.93. The van der Waals surface area contributed by atoms with Gasteiger partial charge in [0.2, 0.25) is 5.91 Å². The maximum atomic E-state index is 12.2. The molecule has 0 radical (unpaired) electrons. The third-order valence-corrected chi connectivity index (χ3v) is 3.47. The lowest BCUT2D eigenvalue weighted by Gasteiger charge is -2.21. The van der Waals surface area contributed by atoms with Crippen molar-refractivity contribution in [2.75, 3.05) is 47.4 Å². The second kappa shape index (κ2) is 9.97. The van der Waals surface area contributed by atoms with Crippen molar-refractivity contribution < 1.29 is 14.3 Å². The lowest BCUT2D eigenvalue weighted by Crippen LogP contribution is -2.38. The Hall–Kier alpha value is -1.92. The molecular weight excluding hydrogens is 294 g/mol. The van der Waals surface area contributed by atoms with E-state index in [-0.39, 0.29) is 11.8 Å². The molecule has 6 nitrogen and oxygen atoms in total. The van der Waals surface area contributed by atoms with Gasteiger partial charge in [-0.1, -0.05) is 12.1 Å². The lowest BCUT2D eigenvalue weighted by molar-refractivity contribution is -0.130. The zero-order valence-corrected chi connectivity index (χ0v) is 14.5. The molecule has 0 aliphatic rings. The zero-order valence-electron chi connectivity index (χ0n) is 14.5. The number of likely N-dealkylation sites (N-methyl/N-ethyl adjacent to an activating group) is 1. The van der Waals surface area contributed by atoms with Gasteiger partial charge in [0.15, 0.2) is 0 Å². The van der Waals surface area contributed by atoms with Crippen LogP contribution in [0.15, 0.2) is 24.3 Å². The first-order valence-corrected chi connectivity index (χ1v) is 7.77. The van der Waals surface area contributed by atoms with Crippen molar-refractivity contribution >= 4 is 11.8 Å². The van der Waals surface area contributed by atoms with Gasteiger partial charge in [-0.2, -0.15) is 0 Å². The number of carbonyl (C=O) groups excluding carboxylic acids is 2. The number of rotatable bonds is 9. The normalized spacial score (nSPS) is 10.4. The fourth-order valence-electron chi connectivity index (χ4n) is 2.09. The molecule has 2 amide bonds. The van der Waals surface area contributed by atoms with Crippen LogP contribution in [0, 0.1) is 0 Å². The fraction of sp³-hybridized carbons (Fsp3) is 0.529. The first-order valence-electron chi connectivity index (χ1n) is 7.77. The molecule has 0 saturated heterocycles. The summed E-state index contributed by atoms with van der Waals surface area (Å²) in [7, 11) is 5.08. The van der Waals surface area contributed by atoms with Gasteiger partial charge in [-0.3, -0.25) is 9.59 Å². The van der Waals surface area contributed by atoms with E-state index < -0.39 is 0 Å². The van der Waals surface area contributed by atoms with Crippen molar-refractivity contribution in [3.8, 4) is 0 Å². The number of nitrogens with zero attached hydrogens (tertiary/aromatic N) is 2. The molecule has 0 aromatic heterocycles. The molecular formula is C17H27N3O3. The van der Waals surface area contributed by atoms with E-state index in [0.717, 1.165) is 5.56 Å². The molecule has 0 fully saturated rings. The molecule has 0 atom stereocenters. The maximum absolute atomic E-state index is 12.2. The Morgan fingerprint density at radius 3 is 2.35 bits per heavy atom. The minimum atomic E-state index is -0.0256. The Morgan fingerprint density at radius 2 is 1.83 bits per heavy atom. The van der Waals surface area contributed by atoms with Crippen LogP contribution in [0.1, 0.15) is 22.8 Å². The first-order chi connectivity index (χ1) is 11.0. The van der Waals surface area contributed by atoms with Gasteiger partial charge in [0.1, 0.15) is 0 Å². The van der Waals surface area contributed by atoms with E-state index in [1.165, 1.54) is 0 Å². The standard InChI is InChI=1S/C17H27N3O3/c1-5-20(16(21)12-18-10-11-23-4)13-14-6-8-15(9-7-14)17(22)19(2)3/h6-9,18H,5,10-13H2,1-4H3. The molecule has 1 N–H and O–H groups in total. The van der Waals surface area contributed by atoms with Gasteiger partial charge in [0, 0.05) is 46.4 Å². The summed E-state index contributed by atoms with van der Waals surface area (Å²) in [6, 6.07) is 7.38. The van der Waals surface area contributed by atoms with E-state index in [9.17, 15) is 9.59 Å². The number of nitrogens with one attached hydrogen (secondary N) is 1. The molecule has 6 heteroatoms. The van der Waals surface area contributed by atoms with Crippen molar-refractivity contribution in [1.82, 2.24) is 15.1 Å². The Labute approximate surface area is 138 Å². The predicted molar refractivity (Wildman–Crippen MR) is 90.3 cm³/mol. The van der Waals surface area contributed by atoms with Gasteiger partial charge in [-0.25, -0.2) is 0 Å². The van der Waals surface area contributed by atoms with E-state index in [0.29, 0.717) is 38.3 Å². The van der Waals surface area contributed by atoms with Crippen molar-refractivity contribution in [3.05, 3.63) is 35.4 Å². The average molecular weight is 321 g/mol. The molecule has 1 rings (SSSR count). The summed E-state index contributed by atoms with van der Waals surface area (Å²) in [5.74, 6) is 0.0272. The van der Waals surface area contributed by atoms with Crippen molar-refractivity contribution in [2.45, 2.75) is 13.5 Å². The summed E-state index contributed by atoms with van der Waals surface area (Å²) in [5.41, 5.74) is 1.65. The van der Waals surface area contributed by atoms with Gasteiger partial charge >= 0.3 is 0 Å². The minimum Gasteiger partial charge on any atom is -0.383 e. The topological polar surface area (TPSA) is 61.9 Å². The molecule has 128 valence electrons. The number of methoxy groups -OCH3 is 1. The van der Waals surface area contributed by atoms with E-state index >= 15 is 0 Å². The summed E-state index contributed by atoms with van der Waals surface area (Å²) in [4.78, 5) is 27.3. The SMILES string of the molecule is CCN(Cc1ccc(C(=O)N(C)C)cc1)C(=O)CNCCOC. The number of hydrogen-bond donors (Lipinski definition) is 1. The van der Waals surface area contributed by atoms with E-state index in [1.54, 1.807) is 43.1 Å². The van der Waals surface area contributed by atoms with Crippen LogP contribution in [0.25, 0.3) is 0 Å². The average Bonchev–Trinajstić information content (AvgIpc) is 2.56. The number of hydrogen-bond acceptors (Lipinski definition) is 4. The van der Waals surface area contributed by atoms with Crippen LogP contribution in [0.2, 0.25) is 0 Å². The van der Waals surface area contributed by atoms with Crippen LogP contribution in [0.5, 0.6) is 0 Å². The summed E-state index contributed by atoms with van der Waals surface area (Å²) >= 11 is 0. The molecule has 0 heterocycles. The van der Waals surface area contributed by atoms with Crippen molar-refractivity contribution in [1.29, 1.82) is 0 Å². The number of benzene rings is 1. The molecule has 0 aliphatic heterocycles. The summed E-state index contributed by atoms with van der Waals surface area (Å²) in [6.45, 7) is 4.67. The highest BCUT2D eigenvalue weighted by Gasteiger charge is 2.12. The van der Waals surface area contributed by atoms with Crippen molar-refractivity contribution in [2.24, 2.45) is 0 Å². The molecule has 0 spiro atoms. The minimum absolute atomic E-state index is 0.0256. The second-order valence-corrected chi connectivity index (χ2v) is 5.47. The Bertz CT molecular complexity index is 500. The molecule has 0 saturated carbocycles. The molecule has 1 aromatic carbocycles. The zero-order chi connectivity index (χ0) is 17.2. The van der Waals surface area contributed by atoms with Crippen LogP contribution >= 0.6 is 0 Å². The lowest BCUT2D eigenvalue weighted by atomic mass is 10.1. The molecule has 0 unspecified atom stereocenters. The molecule has 0 aliphatic carbocycles. The summed E-state index contributed by atoms with van der Waals surface area (Å²) in [5, 5.41) is 3.06. The Kier molecular flexibility index (Phi) is 8.29. The van der Waals surface area contributed by atoms with Crippen LogP contribution in [-0.2, 0) is 16.1 Å². The number of amides is 2. The smallest absolute Gasteiger partial charge is 0.253 e. The molecule has 1 aromatic rings. The fourth-order valence-corrected chi connectivity index (χ4v) is 2.09. The highest BCUT2D eigenvalue weighted by molar-refractivity contribution is 5.93. The van der Waals surface area contributed by atoms with Crippen molar-refractivity contribution in [3.63, 3.8) is 0 Å². The van der Waals surface area contributed by atoms with Crippen LogP contribution < -0.4 is 5.32 Å². The van der Waals surface area contributed by atoms with E-state index in [2.05, 4.69) is 5.32 Å². The second-order valence-electron chi connectivity index (χ2n) is 5.47. The third-order valence-electron chi connectivity index (χ3n) is 3.47. The Morgan fingerprint density at radius 1 is 1.17 bits per heavy atom. The van der Waals surface area contributed by atoms with Crippen LogP contribution in [0.4, 0.5) is 0 Å². The van der Waals surface area contributed by atoms with E-state index in [4.69, 9.17) is 4.74 Å². The highest BCUT2D eigenvalue weighted by atomic mass is 16.5. The maximum Gasteiger partial charge on any atom is 0.253 e. The van der Waals surface area contributed by atoms with Gasteiger partial charge in [0.25, 0.3) is 5.91 Å².